The first-order valence-electron chi connectivity index (χ1n) is 14.6. The molecule has 1 aromatic rings. The molecule has 220 valence electrons. The number of unbranched alkanes of at least 4 members (excludes halogenated alkanes) is 2. The molecule has 0 fully saturated rings. The molecule has 0 saturated heterocycles. The maximum atomic E-state index is 11.1. The number of hydrogen-bond acceptors (Lipinski definition) is 4. The fraction of sp³-hybridized carbons (Fsp3) is 0.543. The fourth-order valence-electron chi connectivity index (χ4n) is 3.64. The van der Waals surface area contributed by atoms with Crippen LogP contribution in [0.4, 0.5) is 0 Å². The van der Waals surface area contributed by atoms with E-state index in [1.807, 2.05) is 57.1 Å². The third kappa shape index (κ3) is 19.8. The Morgan fingerprint density at radius 2 is 1.69 bits per heavy atom. The van der Waals surface area contributed by atoms with Crippen molar-refractivity contribution in [1.82, 2.24) is 10.2 Å². The van der Waals surface area contributed by atoms with Crippen molar-refractivity contribution in [2.24, 2.45) is 10.9 Å². The van der Waals surface area contributed by atoms with E-state index in [9.17, 15) is 4.79 Å². The molecule has 0 atom stereocenters. The van der Waals surface area contributed by atoms with Crippen LogP contribution in [0.1, 0.15) is 122 Å². The summed E-state index contributed by atoms with van der Waals surface area (Å²) in [5.41, 5.74) is 6.62. The molecule has 0 aliphatic carbocycles. The van der Waals surface area contributed by atoms with E-state index < -0.39 is 0 Å². The lowest BCUT2D eigenvalue weighted by Gasteiger charge is -2.19. The molecule has 0 aromatic heterocycles. The zero-order valence-electron chi connectivity index (χ0n) is 27.2. The summed E-state index contributed by atoms with van der Waals surface area (Å²) in [5, 5.41) is 2.83. The van der Waals surface area contributed by atoms with Crippen molar-refractivity contribution in [3.8, 4) is 0 Å². The predicted octanol–water partition coefficient (Wildman–Crippen LogP) is 10.2. The molecule has 4 nitrogen and oxygen atoms in total. The summed E-state index contributed by atoms with van der Waals surface area (Å²) in [5.74, 6) is 1.85. The number of rotatable bonds is 10. The van der Waals surface area contributed by atoms with Crippen LogP contribution in [-0.2, 0) is 6.42 Å². The number of allylic oxidation sites excluding steroid dienone is 3. The van der Waals surface area contributed by atoms with Crippen molar-refractivity contribution in [2.75, 3.05) is 7.05 Å². The largest absolute Gasteiger partial charge is 0.392 e. The van der Waals surface area contributed by atoms with Crippen molar-refractivity contribution in [3.63, 3.8) is 0 Å². The smallest absolute Gasteiger partial charge is 0.160 e. The Morgan fingerprint density at radius 1 is 1.08 bits per heavy atom. The standard InChI is InChI=1S/C12H18N2.C11H14O.C8H18.C4H9N/c1-5-6-10(2)9-14-8-7-11(3)13-12(14)4;1-4-10-6-5-7-11(8(10)2)9(3)12;1-4-5-6-7-8(2)3;1-4(2)5-3/h7-9H,4-6H2,1-3H3;5-7H,4H2,1-3H3;8H,4-7H2,1-3H3;5H,1H2,2-3H3/b10-9+;;;. The maximum absolute atomic E-state index is 11.1. The van der Waals surface area contributed by atoms with Crippen LogP contribution in [0.25, 0.3) is 0 Å². The Bertz CT molecular complexity index is 951. The second kappa shape index (κ2) is 23.0. The first kappa shape index (κ1) is 38.3. The van der Waals surface area contributed by atoms with Gasteiger partial charge >= 0.3 is 0 Å². The molecule has 1 aliphatic heterocycles. The van der Waals surface area contributed by atoms with Crippen molar-refractivity contribution in [1.29, 1.82) is 0 Å². The topological polar surface area (TPSA) is 44.7 Å². The molecule has 1 N–H and O–H groups in total. The highest BCUT2D eigenvalue weighted by Crippen LogP contribution is 2.15. The van der Waals surface area contributed by atoms with Gasteiger partial charge in [0.15, 0.2) is 5.78 Å². The lowest BCUT2D eigenvalue weighted by Crippen LogP contribution is -2.12. The van der Waals surface area contributed by atoms with Gasteiger partial charge in [0.1, 0.15) is 5.82 Å². The number of carbonyl (C=O) groups is 1. The second-order valence-corrected chi connectivity index (χ2v) is 10.5. The number of benzene rings is 1. The van der Waals surface area contributed by atoms with Crippen molar-refractivity contribution < 1.29 is 4.79 Å². The lowest BCUT2D eigenvalue weighted by molar-refractivity contribution is 0.101. The molecule has 4 heteroatoms. The van der Waals surface area contributed by atoms with Crippen molar-refractivity contribution in [3.05, 3.63) is 83.6 Å². The minimum absolute atomic E-state index is 0.155. The molecule has 1 aromatic carbocycles. The first-order chi connectivity index (χ1) is 18.3. The molecule has 1 aliphatic rings. The minimum Gasteiger partial charge on any atom is -0.392 e. The molecule has 0 amide bonds. The number of aliphatic imine (C=N–C) groups is 1. The highest BCUT2D eigenvalue weighted by molar-refractivity contribution is 5.95. The Kier molecular flexibility index (Phi) is 22.6. The summed E-state index contributed by atoms with van der Waals surface area (Å²) in [6, 6.07) is 5.90. The van der Waals surface area contributed by atoms with Crippen LogP contribution in [0.5, 0.6) is 0 Å². The molecular weight excluding hydrogens is 478 g/mol. The normalized spacial score (nSPS) is 12.3. The van der Waals surface area contributed by atoms with E-state index in [0.717, 1.165) is 47.1 Å². The van der Waals surface area contributed by atoms with Crippen molar-refractivity contribution >= 4 is 11.5 Å². The van der Waals surface area contributed by atoms with Gasteiger partial charge in [0.05, 0.1) is 0 Å². The SMILES string of the molecule is C=C(C)NC.C=C1N=C(C)C=CN1/C=C(\C)CCC.CCCCCC(C)C.CCc1cccc(C(C)=O)c1C. The monoisotopic (exact) mass is 537 g/mol. The Hall–Kier alpha value is -2.88. The van der Waals surface area contributed by atoms with E-state index in [4.69, 9.17) is 0 Å². The van der Waals surface area contributed by atoms with E-state index in [1.165, 1.54) is 43.2 Å². The molecule has 39 heavy (non-hydrogen) atoms. The summed E-state index contributed by atoms with van der Waals surface area (Å²) in [6.45, 7) is 28.2. The van der Waals surface area contributed by atoms with Gasteiger partial charge in [-0.2, -0.15) is 0 Å². The number of nitrogens with one attached hydrogen (secondary N) is 1. The van der Waals surface area contributed by atoms with Gasteiger partial charge < -0.3 is 10.2 Å². The number of nitrogens with zero attached hydrogens (tertiary/aromatic N) is 2. The maximum Gasteiger partial charge on any atom is 0.160 e. The first-order valence-corrected chi connectivity index (χ1v) is 14.6. The van der Waals surface area contributed by atoms with Gasteiger partial charge in [0, 0.05) is 30.7 Å². The zero-order valence-corrected chi connectivity index (χ0v) is 27.2. The molecule has 0 saturated carbocycles. The van der Waals surface area contributed by atoms with Crippen LogP contribution < -0.4 is 5.32 Å². The van der Waals surface area contributed by atoms with Gasteiger partial charge in [-0.05, 0) is 76.3 Å². The average Bonchev–Trinajstić information content (AvgIpc) is 2.87. The van der Waals surface area contributed by atoms with E-state index >= 15 is 0 Å². The van der Waals surface area contributed by atoms with E-state index in [0.29, 0.717) is 0 Å². The van der Waals surface area contributed by atoms with E-state index in [1.54, 1.807) is 6.92 Å². The Balaban J connectivity index is 0. The van der Waals surface area contributed by atoms with Crippen LogP contribution in [0.15, 0.2) is 71.9 Å². The molecule has 2 rings (SSSR count). The summed E-state index contributed by atoms with van der Waals surface area (Å²) in [4.78, 5) is 17.4. The summed E-state index contributed by atoms with van der Waals surface area (Å²) in [6.07, 6.45) is 15.0. The lowest BCUT2D eigenvalue weighted by atomic mass is 9.99. The third-order valence-corrected chi connectivity index (χ3v) is 6.10. The summed E-state index contributed by atoms with van der Waals surface area (Å²) >= 11 is 0. The molecule has 0 bridgehead atoms. The minimum atomic E-state index is 0.155. The van der Waals surface area contributed by atoms with Gasteiger partial charge in [-0.15, -0.1) is 0 Å². The number of carbonyl (C=O) groups excluding carboxylic acids is 1. The van der Waals surface area contributed by atoms with Gasteiger partial charge in [-0.3, -0.25) is 4.79 Å². The molecule has 0 radical (unpaired) electrons. The highest BCUT2D eigenvalue weighted by atomic mass is 16.1. The number of hydrogen-bond donors (Lipinski definition) is 1. The quantitative estimate of drug-likeness (QED) is 0.238. The molecule has 0 unspecified atom stereocenters. The van der Waals surface area contributed by atoms with E-state index in [2.05, 4.69) is 77.3 Å². The fourth-order valence-corrected chi connectivity index (χ4v) is 3.64. The van der Waals surface area contributed by atoms with Crippen LogP contribution in [0.3, 0.4) is 0 Å². The van der Waals surface area contributed by atoms with Crippen LogP contribution in [0, 0.1) is 12.8 Å². The molecule has 0 spiro atoms. The highest BCUT2D eigenvalue weighted by Gasteiger charge is 2.06. The van der Waals surface area contributed by atoms with Gasteiger partial charge in [-0.25, -0.2) is 4.99 Å². The van der Waals surface area contributed by atoms with Crippen LogP contribution in [0.2, 0.25) is 0 Å². The van der Waals surface area contributed by atoms with E-state index in [-0.39, 0.29) is 5.78 Å². The number of Topliss-reactive ketones (excluding diaryl/α,β-unsaturated/α-hetero) is 1. The molecular formula is C35H59N3O. The average molecular weight is 538 g/mol. The number of ketones is 1. The van der Waals surface area contributed by atoms with Crippen LogP contribution in [-0.4, -0.2) is 23.4 Å². The Labute approximate surface area is 242 Å². The second-order valence-electron chi connectivity index (χ2n) is 10.5. The van der Waals surface area contributed by atoms with Gasteiger partial charge in [-0.1, -0.05) is 104 Å². The zero-order chi connectivity index (χ0) is 30.4. The Morgan fingerprint density at radius 3 is 2.13 bits per heavy atom. The molecule has 1 heterocycles. The summed E-state index contributed by atoms with van der Waals surface area (Å²) in [7, 11) is 1.85. The van der Waals surface area contributed by atoms with Crippen molar-refractivity contribution in [2.45, 2.75) is 114 Å². The van der Waals surface area contributed by atoms with Gasteiger partial charge in [0.2, 0.25) is 0 Å². The third-order valence-electron chi connectivity index (χ3n) is 6.10. The number of aryl methyl sites for hydroxylation is 1. The van der Waals surface area contributed by atoms with Gasteiger partial charge in [0.25, 0.3) is 0 Å². The summed E-state index contributed by atoms with van der Waals surface area (Å²) < 4.78 is 0. The van der Waals surface area contributed by atoms with Crippen LogP contribution >= 0.6 is 0 Å². The predicted molar refractivity (Wildman–Crippen MR) is 175 cm³/mol.